The number of hydrogen-bond donors (Lipinski definition) is 0. The number of rotatable bonds is 4. The topological polar surface area (TPSA) is 9.23 Å². The van der Waals surface area contributed by atoms with Gasteiger partial charge >= 0.3 is 0 Å². The third kappa shape index (κ3) is 3.66. The molecule has 156 valence electrons. The summed E-state index contributed by atoms with van der Waals surface area (Å²) in [5.74, 6) is 0.837. The minimum absolute atomic E-state index is 0.691. The molecule has 0 spiro atoms. The van der Waals surface area contributed by atoms with Gasteiger partial charge in [-0.1, -0.05) is 121 Å². The van der Waals surface area contributed by atoms with Gasteiger partial charge in [0.05, 0.1) is 0 Å². The lowest BCUT2D eigenvalue weighted by atomic mass is 9.81. The Morgan fingerprint density at radius 3 is 1.81 bits per heavy atom. The van der Waals surface area contributed by atoms with Crippen LogP contribution in [0.3, 0.4) is 0 Å². The molecule has 0 bridgehead atoms. The largest absolute Gasteiger partial charge is 0.477 e. The average molecular weight is 435 g/mol. The molecule has 32 heavy (non-hydrogen) atoms. The molecule has 5 rings (SSSR count). The van der Waals surface area contributed by atoms with Crippen LogP contribution in [0.1, 0.15) is 29.2 Å². The van der Waals surface area contributed by atoms with Gasteiger partial charge in [0.2, 0.25) is 0 Å². The van der Waals surface area contributed by atoms with Crippen LogP contribution < -0.4 is 0 Å². The van der Waals surface area contributed by atoms with E-state index in [0.29, 0.717) is 5.02 Å². The van der Waals surface area contributed by atoms with Crippen LogP contribution in [0.25, 0.3) is 17.2 Å². The van der Waals surface area contributed by atoms with E-state index in [1.807, 2.05) is 48.5 Å². The molecular weight excluding hydrogens is 412 g/mol. The molecule has 1 atom stereocenters. The predicted molar refractivity (Wildman–Crippen MR) is 134 cm³/mol. The molecule has 4 aromatic carbocycles. The van der Waals surface area contributed by atoms with Crippen molar-refractivity contribution in [1.29, 1.82) is 0 Å². The molecule has 2 heteroatoms. The molecule has 1 nitrogen and oxygen atoms in total. The quantitative estimate of drug-likeness (QED) is 0.314. The van der Waals surface area contributed by atoms with Gasteiger partial charge in [0.25, 0.3) is 0 Å². The van der Waals surface area contributed by atoms with Crippen LogP contribution in [-0.4, -0.2) is 0 Å². The molecule has 1 aliphatic rings. The van der Waals surface area contributed by atoms with E-state index in [2.05, 4.69) is 79.7 Å². The molecular formula is C30H23ClO. The average Bonchev–Trinajstić information content (AvgIpc) is 3.13. The monoisotopic (exact) mass is 434 g/mol. The minimum Gasteiger partial charge on any atom is -0.477 e. The van der Waals surface area contributed by atoms with Gasteiger partial charge in [-0.3, -0.25) is 0 Å². The Morgan fingerprint density at radius 1 is 0.656 bits per heavy atom. The number of ether oxygens (including phenoxy) is 1. The van der Waals surface area contributed by atoms with Gasteiger partial charge in [-0.15, -0.1) is 0 Å². The van der Waals surface area contributed by atoms with Crippen molar-refractivity contribution in [3.63, 3.8) is 0 Å². The molecule has 0 unspecified atom stereocenters. The van der Waals surface area contributed by atoms with Crippen molar-refractivity contribution in [2.24, 2.45) is 0 Å². The smallest absolute Gasteiger partial charge is 0.159 e. The van der Waals surface area contributed by atoms with Crippen LogP contribution in [0.15, 0.2) is 121 Å². The molecule has 0 aromatic heterocycles. The first-order chi connectivity index (χ1) is 15.7. The first kappa shape index (κ1) is 20.4. The maximum Gasteiger partial charge on any atom is 0.159 e. The van der Waals surface area contributed by atoms with E-state index in [0.717, 1.165) is 39.2 Å². The van der Waals surface area contributed by atoms with Crippen molar-refractivity contribution < 1.29 is 4.74 Å². The van der Waals surface area contributed by atoms with E-state index in [9.17, 15) is 0 Å². The Hall–Kier alpha value is -3.55. The standard InChI is InChI=1S/C30H23ClO/c1-30(25-19-11-12-20-26(25)31)29(24-17-9-4-10-18-24)28(23-15-7-3-8-16-23)27(32-30)21-22-13-5-2-6-14-22/h2-21H,1H3/b27-21-/t30-/m0/s1. The van der Waals surface area contributed by atoms with Crippen molar-refractivity contribution in [2.75, 3.05) is 0 Å². The second-order valence-corrected chi connectivity index (χ2v) is 8.42. The first-order valence-electron chi connectivity index (χ1n) is 10.7. The Bertz CT molecular complexity index is 1290. The molecule has 0 aliphatic carbocycles. The fourth-order valence-electron chi connectivity index (χ4n) is 4.44. The number of benzene rings is 4. The Kier molecular flexibility index (Phi) is 5.43. The van der Waals surface area contributed by atoms with Gasteiger partial charge in [-0.25, -0.2) is 0 Å². The summed E-state index contributed by atoms with van der Waals surface area (Å²) in [6.07, 6.45) is 2.12. The van der Waals surface area contributed by atoms with Crippen molar-refractivity contribution in [2.45, 2.75) is 12.5 Å². The summed E-state index contributed by atoms with van der Waals surface area (Å²) >= 11 is 6.73. The maximum atomic E-state index is 6.86. The molecule has 4 aromatic rings. The van der Waals surface area contributed by atoms with E-state index in [1.54, 1.807) is 0 Å². The normalized spacial score (nSPS) is 19.2. The summed E-state index contributed by atoms with van der Waals surface area (Å²) in [6, 6.07) is 39.1. The zero-order chi connectivity index (χ0) is 22.0. The maximum absolute atomic E-state index is 6.86. The zero-order valence-corrected chi connectivity index (χ0v) is 18.6. The van der Waals surface area contributed by atoms with Crippen molar-refractivity contribution in [3.8, 4) is 0 Å². The molecule has 0 saturated heterocycles. The van der Waals surface area contributed by atoms with Gasteiger partial charge in [-0.05, 0) is 35.8 Å². The Labute approximate surface area is 194 Å². The molecule has 0 fully saturated rings. The van der Waals surface area contributed by atoms with E-state index in [4.69, 9.17) is 16.3 Å². The van der Waals surface area contributed by atoms with E-state index in [1.165, 1.54) is 0 Å². The third-order valence-corrected chi connectivity index (χ3v) is 6.23. The number of halogens is 1. The predicted octanol–water partition coefficient (Wildman–Crippen LogP) is 8.24. The highest BCUT2D eigenvalue weighted by Crippen LogP contribution is 2.55. The Balaban J connectivity index is 1.84. The van der Waals surface area contributed by atoms with Gasteiger partial charge in [0.1, 0.15) is 5.76 Å². The van der Waals surface area contributed by atoms with Crippen LogP contribution >= 0.6 is 11.6 Å². The third-order valence-electron chi connectivity index (χ3n) is 5.90. The summed E-state index contributed by atoms with van der Waals surface area (Å²) in [7, 11) is 0. The van der Waals surface area contributed by atoms with E-state index >= 15 is 0 Å². The molecule has 0 saturated carbocycles. The summed E-state index contributed by atoms with van der Waals surface area (Å²) < 4.78 is 6.86. The number of hydrogen-bond acceptors (Lipinski definition) is 1. The van der Waals surface area contributed by atoms with Gasteiger partial charge in [-0.2, -0.15) is 0 Å². The SMILES string of the molecule is C[C@@]1(c2ccccc2Cl)O/C(=C\c2ccccc2)C(c2ccccc2)=C1c1ccccc1. The van der Waals surface area contributed by atoms with Crippen molar-refractivity contribution in [3.05, 3.63) is 148 Å². The lowest BCUT2D eigenvalue weighted by Gasteiger charge is -2.29. The first-order valence-corrected chi connectivity index (χ1v) is 11.1. The second-order valence-electron chi connectivity index (χ2n) is 8.02. The molecule has 0 radical (unpaired) electrons. The van der Waals surface area contributed by atoms with Crippen LogP contribution in [0.4, 0.5) is 0 Å². The van der Waals surface area contributed by atoms with Crippen molar-refractivity contribution >= 4 is 28.8 Å². The summed E-state index contributed by atoms with van der Waals surface area (Å²) in [6.45, 7) is 2.12. The van der Waals surface area contributed by atoms with Crippen molar-refractivity contribution in [1.82, 2.24) is 0 Å². The van der Waals surface area contributed by atoms with Crippen LogP contribution in [0, 0.1) is 0 Å². The molecule has 0 amide bonds. The van der Waals surface area contributed by atoms with Gasteiger partial charge < -0.3 is 4.74 Å². The van der Waals surface area contributed by atoms with Crippen LogP contribution in [0.5, 0.6) is 0 Å². The highest BCUT2D eigenvalue weighted by Gasteiger charge is 2.45. The van der Waals surface area contributed by atoms with E-state index in [-0.39, 0.29) is 0 Å². The van der Waals surface area contributed by atoms with Crippen LogP contribution in [0.2, 0.25) is 5.02 Å². The fourth-order valence-corrected chi connectivity index (χ4v) is 4.76. The van der Waals surface area contributed by atoms with Crippen LogP contribution in [-0.2, 0) is 10.3 Å². The summed E-state index contributed by atoms with van der Waals surface area (Å²) in [5.41, 5.74) is 5.72. The minimum atomic E-state index is -0.745. The highest BCUT2D eigenvalue weighted by atomic mass is 35.5. The number of allylic oxidation sites excluding steroid dienone is 1. The molecule has 1 aliphatic heterocycles. The lowest BCUT2D eigenvalue weighted by Crippen LogP contribution is -2.23. The fraction of sp³-hybridized carbons (Fsp3) is 0.0667. The zero-order valence-electron chi connectivity index (χ0n) is 17.8. The summed E-state index contributed by atoms with van der Waals surface area (Å²) in [4.78, 5) is 0. The molecule has 0 N–H and O–H groups in total. The second kappa shape index (κ2) is 8.53. The Morgan fingerprint density at radius 2 is 1.19 bits per heavy atom. The van der Waals surface area contributed by atoms with E-state index < -0.39 is 5.60 Å². The van der Waals surface area contributed by atoms with Gasteiger partial charge in [0.15, 0.2) is 5.60 Å². The molecule has 1 heterocycles. The lowest BCUT2D eigenvalue weighted by molar-refractivity contribution is 0.0942. The van der Waals surface area contributed by atoms with Gasteiger partial charge in [0, 0.05) is 21.7 Å². The highest BCUT2D eigenvalue weighted by molar-refractivity contribution is 6.31. The summed E-state index contributed by atoms with van der Waals surface area (Å²) in [5, 5.41) is 0.691.